The molecule has 16 heavy (non-hydrogen) atoms. The molecule has 1 saturated heterocycles. The summed E-state index contributed by atoms with van der Waals surface area (Å²) in [6.45, 7) is 0.939. The summed E-state index contributed by atoms with van der Waals surface area (Å²) in [6.07, 6.45) is 1.27. The lowest BCUT2D eigenvalue weighted by molar-refractivity contribution is 0.412. The van der Waals surface area contributed by atoms with Crippen LogP contribution < -0.4 is 10.1 Å². The first-order valence-corrected chi connectivity index (χ1v) is 6.60. The maximum Gasteiger partial charge on any atom is 0.144 e. The van der Waals surface area contributed by atoms with Gasteiger partial charge in [-0.25, -0.2) is 4.39 Å². The van der Waals surface area contributed by atoms with E-state index in [0.29, 0.717) is 5.75 Å². The second-order valence-electron chi connectivity index (χ2n) is 3.96. The van der Waals surface area contributed by atoms with Gasteiger partial charge in [0, 0.05) is 12.6 Å². The third-order valence-electron chi connectivity index (χ3n) is 2.77. The molecule has 88 valence electrons. The van der Waals surface area contributed by atoms with Gasteiger partial charge in [0.25, 0.3) is 0 Å². The Morgan fingerprint density at radius 1 is 1.56 bits per heavy atom. The van der Waals surface area contributed by atoms with Crippen molar-refractivity contribution in [3.05, 3.63) is 24.0 Å². The van der Waals surface area contributed by atoms with E-state index in [0.717, 1.165) is 18.2 Å². The second-order valence-corrected chi connectivity index (χ2v) is 5.10. The van der Waals surface area contributed by atoms with Crippen molar-refractivity contribution in [2.24, 2.45) is 5.92 Å². The van der Waals surface area contributed by atoms with Crippen molar-refractivity contribution in [2.45, 2.75) is 6.42 Å². The number of hydrogen-bond donors (Lipinski definition) is 1. The standard InChI is InChI=1S/C12H16FNOS/c1-15-12-6-10(13)2-3-11(12)14-7-9-4-5-16-8-9/h2-3,6,9,14H,4-5,7-8H2,1H3. The van der Waals surface area contributed by atoms with E-state index in [4.69, 9.17) is 4.74 Å². The van der Waals surface area contributed by atoms with Gasteiger partial charge in [0.05, 0.1) is 12.8 Å². The van der Waals surface area contributed by atoms with Gasteiger partial charge in [-0.1, -0.05) is 0 Å². The van der Waals surface area contributed by atoms with Crippen molar-refractivity contribution < 1.29 is 9.13 Å². The van der Waals surface area contributed by atoms with Crippen molar-refractivity contribution in [1.29, 1.82) is 0 Å². The van der Waals surface area contributed by atoms with Crippen LogP contribution in [0.25, 0.3) is 0 Å². The van der Waals surface area contributed by atoms with E-state index in [1.165, 1.54) is 30.1 Å². The molecule has 1 aliphatic rings. The van der Waals surface area contributed by atoms with E-state index in [2.05, 4.69) is 5.32 Å². The summed E-state index contributed by atoms with van der Waals surface area (Å²) in [5.74, 6) is 3.51. The number of anilines is 1. The fourth-order valence-corrected chi connectivity index (χ4v) is 3.09. The minimum atomic E-state index is -0.265. The Balaban J connectivity index is 1.97. The van der Waals surface area contributed by atoms with Crippen LogP contribution in [0.15, 0.2) is 18.2 Å². The van der Waals surface area contributed by atoms with Gasteiger partial charge < -0.3 is 10.1 Å². The van der Waals surface area contributed by atoms with Crippen LogP contribution in [0.4, 0.5) is 10.1 Å². The fraction of sp³-hybridized carbons (Fsp3) is 0.500. The van der Waals surface area contributed by atoms with Crippen LogP contribution in [-0.2, 0) is 0 Å². The van der Waals surface area contributed by atoms with Crippen LogP contribution in [-0.4, -0.2) is 25.2 Å². The topological polar surface area (TPSA) is 21.3 Å². The number of thioether (sulfide) groups is 1. The average Bonchev–Trinajstić information content (AvgIpc) is 2.80. The molecule has 0 bridgehead atoms. The first-order valence-electron chi connectivity index (χ1n) is 5.45. The molecule has 4 heteroatoms. The lowest BCUT2D eigenvalue weighted by Gasteiger charge is -2.14. The summed E-state index contributed by atoms with van der Waals surface area (Å²) < 4.78 is 18.1. The molecule has 1 N–H and O–H groups in total. The highest BCUT2D eigenvalue weighted by Crippen LogP contribution is 2.27. The summed E-state index contributed by atoms with van der Waals surface area (Å²) in [5, 5.41) is 3.33. The number of benzene rings is 1. The van der Waals surface area contributed by atoms with E-state index < -0.39 is 0 Å². The smallest absolute Gasteiger partial charge is 0.144 e. The lowest BCUT2D eigenvalue weighted by Crippen LogP contribution is -2.13. The molecule has 1 aliphatic heterocycles. The molecule has 0 aliphatic carbocycles. The van der Waals surface area contributed by atoms with Gasteiger partial charge >= 0.3 is 0 Å². The summed E-state index contributed by atoms with van der Waals surface area (Å²) >= 11 is 2.00. The van der Waals surface area contributed by atoms with Gasteiger partial charge in [0.15, 0.2) is 0 Å². The highest BCUT2D eigenvalue weighted by molar-refractivity contribution is 7.99. The van der Waals surface area contributed by atoms with E-state index in [-0.39, 0.29) is 5.82 Å². The highest BCUT2D eigenvalue weighted by Gasteiger charge is 2.15. The summed E-state index contributed by atoms with van der Waals surface area (Å²) in [6, 6.07) is 4.59. The molecular formula is C12H16FNOS. The van der Waals surface area contributed by atoms with Crippen LogP contribution in [0.3, 0.4) is 0 Å². The molecule has 0 radical (unpaired) electrons. The Labute approximate surface area is 99.6 Å². The fourth-order valence-electron chi connectivity index (χ4n) is 1.81. The number of methoxy groups -OCH3 is 1. The maximum atomic E-state index is 13.0. The van der Waals surface area contributed by atoms with E-state index in [9.17, 15) is 4.39 Å². The monoisotopic (exact) mass is 241 g/mol. The van der Waals surface area contributed by atoms with Gasteiger partial charge in [0.1, 0.15) is 11.6 Å². The predicted octanol–water partition coefficient (Wildman–Crippen LogP) is 3.00. The van der Waals surface area contributed by atoms with Gasteiger partial charge in [-0.3, -0.25) is 0 Å². The van der Waals surface area contributed by atoms with E-state index in [1.807, 2.05) is 11.8 Å². The van der Waals surface area contributed by atoms with Crippen molar-refractivity contribution in [1.82, 2.24) is 0 Å². The molecule has 1 heterocycles. The molecule has 1 atom stereocenters. The number of halogens is 1. The van der Waals surface area contributed by atoms with Crippen LogP contribution >= 0.6 is 11.8 Å². The van der Waals surface area contributed by atoms with E-state index >= 15 is 0 Å². The molecule has 1 unspecified atom stereocenters. The molecule has 0 spiro atoms. The molecular weight excluding hydrogens is 225 g/mol. The van der Waals surface area contributed by atoms with Crippen LogP contribution in [0.1, 0.15) is 6.42 Å². The minimum Gasteiger partial charge on any atom is -0.494 e. The van der Waals surface area contributed by atoms with Gasteiger partial charge in [-0.15, -0.1) is 0 Å². The Bertz CT molecular complexity index is 353. The average molecular weight is 241 g/mol. The molecule has 1 aromatic rings. The first kappa shape index (κ1) is 11.6. The van der Waals surface area contributed by atoms with Crippen molar-refractivity contribution in [2.75, 3.05) is 30.5 Å². The summed E-state index contributed by atoms with van der Waals surface area (Å²) in [7, 11) is 1.56. The number of nitrogens with one attached hydrogen (secondary N) is 1. The maximum absolute atomic E-state index is 13.0. The third kappa shape index (κ3) is 2.82. The van der Waals surface area contributed by atoms with Crippen LogP contribution in [0.2, 0.25) is 0 Å². The normalized spacial score (nSPS) is 19.8. The molecule has 0 saturated carbocycles. The van der Waals surface area contributed by atoms with Gasteiger partial charge in [-0.05, 0) is 36.0 Å². The van der Waals surface area contributed by atoms with Crippen LogP contribution in [0, 0.1) is 11.7 Å². The molecule has 0 aromatic heterocycles. The van der Waals surface area contributed by atoms with Crippen molar-refractivity contribution in [3.63, 3.8) is 0 Å². The summed E-state index contributed by atoms with van der Waals surface area (Å²) in [5.41, 5.74) is 0.876. The number of rotatable bonds is 4. The van der Waals surface area contributed by atoms with Crippen molar-refractivity contribution >= 4 is 17.4 Å². The molecule has 1 aromatic carbocycles. The Kier molecular flexibility index (Phi) is 3.93. The minimum absolute atomic E-state index is 0.265. The number of hydrogen-bond acceptors (Lipinski definition) is 3. The highest BCUT2D eigenvalue weighted by atomic mass is 32.2. The number of ether oxygens (including phenoxy) is 1. The Morgan fingerprint density at radius 2 is 2.44 bits per heavy atom. The van der Waals surface area contributed by atoms with E-state index in [1.54, 1.807) is 13.2 Å². The quantitative estimate of drug-likeness (QED) is 0.875. The zero-order valence-corrected chi connectivity index (χ0v) is 10.1. The predicted molar refractivity (Wildman–Crippen MR) is 66.9 cm³/mol. The van der Waals surface area contributed by atoms with Gasteiger partial charge in [0.2, 0.25) is 0 Å². The SMILES string of the molecule is COc1cc(F)ccc1NCC1CCSC1. The second kappa shape index (κ2) is 5.43. The first-order chi connectivity index (χ1) is 7.79. The van der Waals surface area contributed by atoms with Gasteiger partial charge in [-0.2, -0.15) is 11.8 Å². The largest absolute Gasteiger partial charge is 0.494 e. The zero-order valence-electron chi connectivity index (χ0n) is 9.33. The molecule has 1 fully saturated rings. The lowest BCUT2D eigenvalue weighted by atomic mass is 10.1. The Hall–Kier alpha value is -0.900. The van der Waals surface area contributed by atoms with Crippen LogP contribution in [0.5, 0.6) is 5.75 Å². The summed E-state index contributed by atoms with van der Waals surface area (Å²) in [4.78, 5) is 0. The molecule has 2 nitrogen and oxygen atoms in total. The third-order valence-corrected chi connectivity index (χ3v) is 4.00. The molecule has 2 rings (SSSR count). The zero-order chi connectivity index (χ0) is 11.4. The Morgan fingerprint density at radius 3 is 3.12 bits per heavy atom. The molecule has 0 amide bonds. The van der Waals surface area contributed by atoms with Crippen molar-refractivity contribution in [3.8, 4) is 5.75 Å².